The van der Waals surface area contributed by atoms with Crippen LogP contribution in [0.25, 0.3) is 11.1 Å². The SMILES string of the molecule is COc1c(C)cc(-c2ccc3c(c2)CCC3C)cc1C. The molecule has 0 saturated carbocycles. The second kappa shape index (κ2) is 4.97. The number of ether oxygens (including phenoxy) is 1. The van der Waals surface area contributed by atoms with Crippen molar-refractivity contribution in [1.82, 2.24) is 0 Å². The Kier molecular flexibility index (Phi) is 3.29. The average Bonchev–Trinajstić information content (AvgIpc) is 2.79. The van der Waals surface area contributed by atoms with E-state index in [-0.39, 0.29) is 0 Å². The van der Waals surface area contributed by atoms with Gasteiger partial charge in [0.2, 0.25) is 0 Å². The van der Waals surface area contributed by atoms with Crippen LogP contribution in [0, 0.1) is 13.8 Å². The van der Waals surface area contributed by atoms with Crippen molar-refractivity contribution < 1.29 is 4.74 Å². The number of hydrogen-bond acceptors (Lipinski definition) is 1. The van der Waals surface area contributed by atoms with Crippen LogP contribution >= 0.6 is 0 Å². The molecule has 0 fully saturated rings. The van der Waals surface area contributed by atoms with Gasteiger partial charge in [0.1, 0.15) is 5.75 Å². The Balaban J connectivity index is 2.06. The van der Waals surface area contributed by atoms with Gasteiger partial charge in [-0.2, -0.15) is 0 Å². The van der Waals surface area contributed by atoms with Crippen LogP contribution < -0.4 is 4.74 Å². The first-order valence-electron chi connectivity index (χ1n) is 7.38. The van der Waals surface area contributed by atoms with Crippen LogP contribution in [0.2, 0.25) is 0 Å². The van der Waals surface area contributed by atoms with E-state index >= 15 is 0 Å². The molecule has 1 heteroatoms. The molecular weight excluding hydrogens is 244 g/mol. The van der Waals surface area contributed by atoms with E-state index < -0.39 is 0 Å². The van der Waals surface area contributed by atoms with Crippen molar-refractivity contribution >= 4 is 0 Å². The summed E-state index contributed by atoms with van der Waals surface area (Å²) < 4.78 is 5.45. The highest BCUT2D eigenvalue weighted by Gasteiger charge is 2.18. The van der Waals surface area contributed by atoms with Gasteiger partial charge in [0.05, 0.1) is 7.11 Å². The molecule has 1 aliphatic rings. The molecule has 0 N–H and O–H groups in total. The van der Waals surface area contributed by atoms with Crippen LogP contribution in [0.1, 0.15) is 41.5 Å². The Hall–Kier alpha value is -1.76. The fourth-order valence-corrected chi connectivity index (χ4v) is 3.45. The maximum absolute atomic E-state index is 5.45. The first kappa shape index (κ1) is 13.2. The number of rotatable bonds is 2. The second-order valence-corrected chi connectivity index (χ2v) is 6.00. The van der Waals surface area contributed by atoms with Crippen molar-refractivity contribution in [2.45, 2.75) is 39.5 Å². The lowest BCUT2D eigenvalue weighted by atomic mass is 9.95. The lowest BCUT2D eigenvalue weighted by molar-refractivity contribution is 0.408. The van der Waals surface area contributed by atoms with Crippen molar-refractivity contribution in [2.75, 3.05) is 7.11 Å². The minimum atomic E-state index is 0.721. The molecule has 104 valence electrons. The van der Waals surface area contributed by atoms with Gasteiger partial charge < -0.3 is 4.74 Å². The smallest absolute Gasteiger partial charge is 0.124 e. The molecular formula is C19H22O. The minimum absolute atomic E-state index is 0.721. The Morgan fingerprint density at radius 1 is 1.00 bits per heavy atom. The molecule has 1 aliphatic carbocycles. The van der Waals surface area contributed by atoms with E-state index in [1.54, 1.807) is 7.11 Å². The summed E-state index contributed by atoms with van der Waals surface area (Å²) in [5, 5.41) is 0. The highest BCUT2D eigenvalue weighted by atomic mass is 16.5. The molecule has 1 nitrogen and oxygen atoms in total. The third-order valence-electron chi connectivity index (χ3n) is 4.52. The van der Waals surface area contributed by atoms with Crippen LogP contribution in [0.4, 0.5) is 0 Å². The number of fused-ring (bicyclic) bond motifs is 1. The summed E-state index contributed by atoms with van der Waals surface area (Å²) in [4.78, 5) is 0. The Labute approximate surface area is 121 Å². The molecule has 1 atom stereocenters. The van der Waals surface area contributed by atoms with Crippen molar-refractivity contribution in [2.24, 2.45) is 0 Å². The molecule has 0 heterocycles. The number of methoxy groups -OCH3 is 1. The lowest BCUT2D eigenvalue weighted by Crippen LogP contribution is -1.93. The predicted octanol–water partition coefficient (Wildman–Crippen LogP) is 5.03. The summed E-state index contributed by atoms with van der Waals surface area (Å²) >= 11 is 0. The van der Waals surface area contributed by atoms with Crippen LogP contribution in [-0.4, -0.2) is 7.11 Å². The molecule has 1 unspecified atom stereocenters. The maximum atomic E-state index is 5.45. The molecule has 0 saturated heterocycles. The third-order valence-corrected chi connectivity index (χ3v) is 4.52. The summed E-state index contributed by atoms with van der Waals surface area (Å²) in [6.07, 6.45) is 2.51. The first-order chi connectivity index (χ1) is 9.60. The van der Waals surface area contributed by atoms with Crippen LogP contribution in [0.3, 0.4) is 0 Å². The summed E-state index contributed by atoms with van der Waals surface area (Å²) in [6, 6.07) is 11.4. The van der Waals surface area contributed by atoms with Crippen LogP contribution in [-0.2, 0) is 6.42 Å². The standard InChI is InChI=1S/C19H22O/c1-12-5-6-16-11-15(7-8-18(12)16)17-9-13(2)19(20-4)14(3)10-17/h7-12H,5-6H2,1-4H3. The molecule has 3 rings (SSSR count). The van der Waals surface area contributed by atoms with Gasteiger partial charge in [0.15, 0.2) is 0 Å². The van der Waals surface area contributed by atoms with Crippen LogP contribution in [0.15, 0.2) is 30.3 Å². The fraction of sp³-hybridized carbons (Fsp3) is 0.368. The fourth-order valence-electron chi connectivity index (χ4n) is 3.45. The molecule has 0 bridgehead atoms. The van der Waals surface area contributed by atoms with Gasteiger partial charge in [-0.05, 0) is 78.1 Å². The van der Waals surface area contributed by atoms with Crippen LogP contribution in [0.5, 0.6) is 5.75 Å². The quantitative estimate of drug-likeness (QED) is 0.741. The lowest BCUT2D eigenvalue weighted by Gasteiger charge is -2.13. The van der Waals surface area contributed by atoms with Crippen molar-refractivity contribution in [1.29, 1.82) is 0 Å². The van der Waals surface area contributed by atoms with Gasteiger partial charge in [0, 0.05) is 0 Å². The minimum Gasteiger partial charge on any atom is -0.496 e. The average molecular weight is 266 g/mol. The highest BCUT2D eigenvalue weighted by molar-refractivity contribution is 5.69. The molecule has 20 heavy (non-hydrogen) atoms. The van der Waals surface area contributed by atoms with E-state index in [9.17, 15) is 0 Å². The molecule has 2 aromatic rings. The summed E-state index contributed by atoms with van der Waals surface area (Å²) in [7, 11) is 1.74. The Morgan fingerprint density at radius 3 is 2.35 bits per heavy atom. The van der Waals surface area contributed by atoms with Gasteiger partial charge >= 0.3 is 0 Å². The molecule has 0 amide bonds. The number of hydrogen-bond donors (Lipinski definition) is 0. The Morgan fingerprint density at radius 2 is 1.70 bits per heavy atom. The topological polar surface area (TPSA) is 9.23 Å². The summed E-state index contributed by atoms with van der Waals surface area (Å²) in [5.41, 5.74) is 8.10. The Bertz CT molecular complexity index is 632. The van der Waals surface area contributed by atoms with E-state index in [2.05, 4.69) is 51.1 Å². The zero-order chi connectivity index (χ0) is 14.3. The number of benzene rings is 2. The van der Waals surface area contributed by atoms with Crippen molar-refractivity contribution in [3.8, 4) is 16.9 Å². The molecule has 0 aliphatic heterocycles. The zero-order valence-corrected chi connectivity index (χ0v) is 12.8. The molecule has 0 spiro atoms. The monoisotopic (exact) mass is 266 g/mol. The molecule has 0 radical (unpaired) electrons. The molecule has 2 aromatic carbocycles. The maximum Gasteiger partial charge on any atom is 0.124 e. The summed E-state index contributed by atoms with van der Waals surface area (Å²) in [6.45, 7) is 6.56. The van der Waals surface area contributed by atoms with Gasteiger partial charge in [-0.1, -0.05) is 25.1 Å². The van der Waals surface area contributed by atoms with E-state index in [0.717, 1.165) is 11.7 Å². The normalized spacial score (nSPS) is 17.1. The van der Waals surface area contributed by atoms with Crippen molar-refractivity contribution in [3.05, 3.63) is 52.6 Å². The van der Waals surface area contributed by atoms with Crippen molar-refractivity contribution in [3.63, 3.8) is 0 Å². The van der Waals surface area contributed by atoms with Gasteiger partial charge in [-0.3, -0.25) is 0 Å². The van der Waals surface area contributed by atoms with Gasteiger partial charge in [-0.25, -0.2) is 0 Å². The van der Waals surface area contributed by atoms with Gasteiger partial charge in [0.25, 0.3) is 0 Å². The van der Waals surface area contributed by atoms with E-state index in [0.29, 0.717) is 0 Å². The second-order valence-electron chi connectivity index (χ2n) is 6.00. The van der Waals surface area contributed by atoms with E-state index in [1.165, 1.54) is 46.2 Å². The third kappa shape index (κ3) is 2.11. The highest BCUT2D eigenvalue weighted by Crippen LogP contribution is 2.36. The first-order valence-corrected chi connectivity index (χ1v) is 7.38. The number of aryl methyl sites for hydroxylation is 3. The van der Waals surface area contributed by atoms with E-state index in [1.807, 2.05) is 0 Å². The summed E-state index contributed by atoms with van der Waals surface area (Å²) in [5.74, 6) is 1.72. The molecule has 0 aromatic heterocycles. The van der Waals surface area contributed by atoms with E-state index in [4.69, 9.17) is 4.74 Å². The zero-order valence-electron chi connectivity index (χ0n) is 12.8. The van der Waals surface area contributed by atoms with Gasteiger partial charge in [-0.15, -0.1) is 0 Å². The predicted molar refractivity (Wildman–Crippen MR) is 84.6 cm³/mol. The largest absolute Gasteiger partial charge is 0.496 e.